The summed E-state index contributed by atoms with van der Waals surface area (Å²) in [5.41, 5.74) is 2.25. The minimum atomic E-state index is 0.181. The minimum Gasteiger partial charge on any atom is -0.439 e. The second-order valence-corrected chi connectivity index (χ2v) is 6.60. The number of nitrogens with zero attached hydrogens (tertiary/aromatic N) is 2. The number of para-hydroxylation sites is 1. The van der Waals surface area contributed by atoms with Crippen molar-refractivity contribution in [3.63, 3.8) is 0 Å². The van der Waals surface area contributed by atoms with E-state index in [1.54, 1.807) is 0 Å². The van der Waals surface area contributed by atoms with E-state index in [1.807, 2.05) is 42.6 Å². The number of oxazole rings is 1. The maximum Gasteiger partial charge on any atom is 0.211 e. The maximum absolute atomic E-state index is 6.02. The number of benzene rings is 2. The van der Waals surface area contributed by atoms with Gasteiger partial charge in [-0.15, -0.1) is 0 Å². The first-order chi connectivity index (χ1) is 12.3. The lowest BCUT2D eigenvalue weighted by atomic mass is 10.2. The van der Waals surface area contributed by atoms with Crippen molar-refractivity contribution >= 4 is 5.69 Å². The molecule has 1 N–H and O–H groups in total. The van der Waals surface area contributed by atoms with E-state index in [2.05, 4.69) is 46.4 Å². The summed E-state index contributed by atoms with van der Waals surface area (Å²) in [6, 6.07) is 21.2. The predicted molar refractivity (Wildman–Crippen MR) is 100 cm³/mol. The Morgan fingerprint density at radius 2 is 1.80 bits per heavy atom. The van der Waals surface area contributed by atoms with E-state index in [1.165, 1.54) is 5.69 Å². The molecule has 3 aromatic rings. The van der Waals surface area contributed by atoms with Crippen molar-refractivity contribution < 1.29 is 4.42 Å². The molecule has 1 saturated heterocycles. The van der Waals surface area contributed by atoms with Gasteiger partial charge in [0, 0.05) is 30.4 Å². The zero-order valence-corrected chi connectivity index (χ0v) is 14.4. The van der Waals surface area contributed by atoms with Gasteiger partial charge in [0.05, 0.1) is 12.2 Å². The molecule has 0 saturated carbocycles. The summed E-state index contributed by atoms with van der Waals surface area (Å²) in [6.07, 6.45) is 2.96. The van der Waals surface area contributed by atoms with Gasteiger partial charge in [0.15, 0.2) is 5.76 Å². The van der Waals surface area contributed by atoms with Crippen LogP contribution in [0.25, 0.3) is 11.3 Å². The molecule has 0 spiro atoms. The van der Waals surface area contributed by atoms with Crippen molar-refractivity contribution in [2.75, 3.05) is 18.4 Å². The average molecular weight is 333 g/mol. The third kappa shape index (κ3) is 3.59. The molecule has 4 nitrogen and oxygen atoms in total. The number of hydrogen-bond acceptors (Lipinski definition) is 4. The molecule has 0 bridgehead atoms. The van der Waals surface area contributed by atoms with E-state index < -0.39 is 0 Å². The summed E-state index contributed by atoms with van der Waals surface area (Å²) in [6.45, 7) is 4.22. The molecule has 0 amide bonds. The van der Waals surface area contributed by atoms with Gasteiger partial charge in [0.25, 0.3) is 0 Å². The van der Waals surface area contributed by atoms with Gasteiger partial charge in [0.1, 0.15) is 0 Å². The number of nitrogens with one attached hydrogen (secondary N) is 1. The molecule has 4 rings (SSSR count). The van der Waals surface area contributed by atoms with Crippen LogP contribution < -0.4 is 5.32 Å². The van der Waals surface area contributed by atoms with Crippen molar-refractivity contribution in [3.8, 4) is 11.3 Å². The normalized spacial score (nSPS) is 19.0. The fraction of sp³-hybridized carbons (Fsp3) is 0.286. The highest BCUT2D eigenvalue weighted by Crippen LogP contribution is 2.28. The number of aromatic nitrogens is 1. The van der Waals surface area contributed by atoms with Gasteiger partial charge in [-0.2, -0.15) is 0 Å². The molecule has 0 aliphatic carbocycles. The van der Waals surface area contributed by atoms with Crippen LogP contribution in [0.5, 0.6) is 0 Å². The minimum absolute atomic E-state index is 0.181. The van der Waals surface area contributed by atoms with Gasteiger partial charge in [0.2, 0.25) is 5.89 Å². The molecular weight excluding hydrogens is 310 g/mol. The van der Waals surface area contributed by atoms with Crippen LogP contribution in [-0.4, -0.2) is 29.0 Å². The molecule has 25 heavy (non-hydrogen) atoms. The van der Waals surface area contributed by atoms with Crippen LogP contribution >= 0.6 is 0 Å². The fourth-order valence-electron chi connectivity index (χ4n) is 3.40. The summed E-state index contributed by atoms with van der Waals surface area (Å²) >= 11 is 0. The van der Waals surface area contributed by atoms with Gasteiger partial charge < -0.3 is 9.73 Å². The average Bonchev–Trinajstić information content (AvgIpc) is 3.33. The number of likely N-dealkylation sites (tertiary alicyclic amines) is 1. The van der Waals surface area contributed by atoms with Crippen LogP contribution in [-0.2, 0) is 0 Å². The van der Waals surface area contributed by atoms with Crippen LogP contribution in [0, 0.1) is 0 Å². The zero-order chi connectivity index (χ0) is 17.1. The van der Waals surface area contributed by atoms with E-state index in [0.717, 1.165) is 36.7 Å². The summed E-state index contributed by atoms with van der Waals surface area (Å²) in [7, 11) is 0. The first-order valence-electron chi connectivity index (χ1n) is 8.86. The quantitative estimate of drug-likeness (QED) is 0.741. The van der Waals surface area contributed by atoms with Crippen LogP contribution in [0.2, 0.25) is 0 Å². The van der Waals surface area contributed by atoms with Crippen LogP contribution in [0.15, 0.2) is 71.3 Å². The van der Waals surface area contributed by atoms with Gasteiger partial charge in [-0.1, -0.05) is 48.5 Å². The lowest BCUT2D eigenvalue weighted by Gasteiger charge is -2.22. The van der Waals surface area contributed by atoms with Gasteiger partial charge in [-0.05, 0) is 25.5 Å². The lowest BCUT2D eigenvalue weighted by molar-refractivity contribution is 0.224. The summed E-state index contributed by atoms with van der Waals surface area (Å²) in [5, 5.41) is 3.62. The Labute approximate surface area is 148 Å². The Morgan fingerprint density at radius 1 is 1.08 bits per heavy atom. The smallest absolute Gasteiger partial charge is 0.211 e. The van der Waals surface area contributed by atoms with Crippen molar-refractivity contribution in [3.05, 3.63) is 72.8 Å². The van der Waals surface area contributed by atoms with Crippen LogP contribution in [0.4, 0.5) is 5.69 Å². The zero-order valence-electron chi connectivity index (χ0n) is 14.4. The van der Waals surface area contributed by atoms with E-state index in [0.29, 0.717) is 6.04 Å². The predicted octanol–water partition coefficient (Wildman–Crippen LogP) is 4.59. The van der Waals surface area contributed by atoms with E-state index >= 15 is 0 Å². The second-order valence-electron chi connectivity index (χ2n) is 6.60. The SMILES string of the molecule is CC(c1ncc(-c2ccccc2)o1)N1CCC(Nc2ccccc2)C1. The Morgan fingerprint density at radius 3 is 2.56 bits per heavy atom. The molecule has 1 aliphatic heterocycles. The van der Waals surface area contributed by atoms with Gasteiger partial charge in [-0.3, -0.25) is 4.90 Å². The first-order valence-corrected chi connectivity index (χ1v) is 8.86. The molecule has 1 aromatic heterocycles. The second kappa shape index (κ2) is 7.11. The maximum atomic E-state index is 6.02. The highest BCUT2D eigenvalue weighted by atomic mass is 16.4. The summed E-state index contributed by atoms with van der Waals surface area (Å²) < 4.78 is 6.02. The molecule has 2 heterocycles. The van der Waals surface area contributed by atoms with E-state index in [9.17, 15) is 0 Å². The monoisotopic (exact) mass is 333 g/mol. The Balaban J connectivity index is 1.40. The Hall–Kier alpha value is -2.59. The topological polar surface area (TPSA) is 41.3 Å². The number of hydrogen-bond donors (Lipinski definition) is 1. The molecule has 4 heteroatoms. The molecule has 2 unspecified atom stereocenters. The molecule has 1 aliphatic rings. The number of rotatable bonds is 5. The van der Waals surface area contributed by atoms with Crippen molar-refractivity contribution in [1.29, 1.82) is 0 Å². The Kier molecular flexibility index (Phi) is 4.53. The molecular formula is C21H23N3O. The van der Waals surface area contributed by atoms with Crippen molar-refractivity contribution in [2.24, 2.45) is 0 Å². The van der Waals surface area contributed by atoms with Gasteiger partial charge in [-0.25, -0.2) is 4.98 Å². The lowest BCUT2D eigenvalue weighted by Crippen LogP contribution is -2.28. The number of anilines is 1. The third-order valence-electron chi connectivity index (χ3n) is 4.85. The van der Waals surface area contributed by atoms with E-state index in [4.69, 9.17) is 4.42 Å². The summed E-state index contributed by atoms with van der Waals surface area (Å²) in [5.74, 6) is 1.62. The van der Waals surface area contributed by atoms with Gasteiger partial charge >= 0.3 is 0 Å². The highest BCUT2D eigenvalue weighted by molar-refractivity contribution is 5.55. The Bertz CT molecular complexity index is 800. The molecule has 1 fully saturated rings. The van der Waals surface area contributed by atoms with Crippen LogP contribution in [0.1, 0.15) is 25.3 Å². The highest BCUT2D eigenvalue weighted by Gasteiger charge is 2.29. The van der Waals surface area contributed by atoms with Crippen molar-refractivity contribution in [1.82, 2.24) is 9.88 Å². The van der Waals surface area contributed by atoms with E-state index in [-0.39, 0.29) is 6.04 Å². The molecule has 128 valence electrons. The summed E-state index contributed by atoms with van der Waals surface area (Å²) in [4.78, 5) is 6.95. The molecule has 2 atom stereocenters. The fourth-order valence-corrected chi connectivity index (χ4v) is 3.40. The standard InChI is InChI=1S/C21H23N3O/c1-16(21-22-14-20(25-21)17-8-4-2-5-9-17)24-13-12-19(15-24)23-18-10-6-3-7-11-18/h2-11,14,16,19,23H,12-13,15H2,1H3. The van der Waals surface area contributed by atoms with Crippen LogP contribution in [0.3, 0.4) is 0 Å². The largest absolute Gasteiger partial charge is 0.439 e. The van der Waals surface area contributed by atoms with Crippen molar-refractivity contribution in [2.45, 2.75) is 25.4 Å². The third-order valence-corrected chi connectivity index (χ3v) is 4.85. The first kappa shape index (κ1) is 15.9. The molecule has 0 radical (unpaired) electrons. The molecule has 2 aromatic carbocycles.